The molecule has 1 atom stereocenters. The van der Waals surface area contributed by atoms with Gasteiger partial charge in [-0.3, -0.25) is 0 Å². The standard InChI is InChI=1S/C13H16F3NO2/c1-18-11-6-10(13(14,15)16)12(19-2)5-9(11)8-3-4-17-7-8/h5-6,8,17H,3-4,7H2,1-2H3. The first-order chi connectivity index (χ1) is 8.97. The van der Waals surface area contributed by atoms with Gasteiger partial charge in [-0.05, 0) is 25.1 Å². The van der Waals surface area contributed by atoms with Gasteiger partial charge in [-0.15, -0.1) is 0 Å². The summed E-state index contributed by atoms with van der Waals surface area (Å²) in [6.07, 6.45) is -3.57. The third-order valence-corrected chi connectivity index (χ3v) is 3.36. The highest BCUT2D eigenvalue weighted by atomic mass is 19.4. The number of alkyl halides is 3. The van der Waals surface area contributed by atoms with Gasteiger partial charge in [-0.1, -0.05) is 0 Å². The van der Waals surface area contributed by atoms with E-state index in [9.17, 15) is 13.2 Å². The van der Waals surface area contributed by atoms with Crippen molar-refractivity contribution in [3.8, 4) is 11.5 Å². The zero-order valence-electron chi connectivity index (χ0n) is 10.8. The fourth-order valence-electron chi connectivity index (χ4n) is 2.38. The Bertz CT molecular complexity index is 454. The van der Waals surface area contributed by atoms with Crippen LogP contribution in [0.5, 0.6) is 11.5 Å². The number of hydrogen-bond donors (Lipinski definition) is 1. The van der Waals surface area contributed by atoms with E-state index in [-0.39, 0.29) is 17.4 Å². The molecule has 0 spiro atoms. The van der Waals surface area contributed by atoms with Gasteiger partial charge in [0, 0.05) is 18.0 Å². The largest absolute Gasteiger partial charge is 0.496 e. The van der Waals surface area contributed by atoms with Crippen molar-refractivity contribution in [2.45, 2.75) is 18.5 Å². The van der Waals surface area contributed by atoms with Gasteiger partial charge in [-0.2, -0.15) is 13.2 Å². The summed E-state index contributed by atoms with van der Waals surface area (Å²) in [7, 11) is 2.63. The molecule has 6 heteroatoms. The zero-order chi connectivity index (χ0) is 14.0. The molecule has 1 heterocycles. The van der Waals surface area contributed by atoms with Crippen LogP contribution in [0.1, 0.15) is 23.5 Å². The maximum absolute atomic E-state index is 12.9. The van der Waals surface area contributed by atoms with Crippen molar-refractivity contribution >= 4 is 0 Å². The molecule has 1 aromatic carbocycles. The molecule has 1 saturated heterocycles. The lowest BCUT2D eigenvalue weighted by Gasteiger charge is -2.19. The second-order valence-electron chi connectivity index (χ2n) is 4.48. The molecule has 1 aliphatic rings. The summed E-state index contributed by atoms with van der Waals surface area (Å²) in [4.78, 5) is 0. The molecule has 106 valence electrons. The summed E-state index contributed by atoms with van der Waals surface area (Å²) in [6, 6.07) is 2.46. The Morgan fingerprint density at radius 3 is 2.32 bits per heavy atom. The number of ether oxygens (including phenoxy) is 2. The molecule has 1 fully saturated rings. The van der Waals surface area contributed by atoms with E-state index < -0.39 is 11.7 Å². The smallest absolute Gasteiger partial charge is 0.420 e. The van der Waals surface area contributed by atoms with Crippen LogP contribution in [0.4, 0.5) is 13.2 Å². The minimum Gasteiger partial charge on any atom is -0.496 e. The van der Waals surface area contributed by atoms with E-state index in [2.05, 4.69) is 5.32 Å². The number of halogens is 3. The number of benzene rings is 1. The second kappa shape index (κ2) is 5.28. The van der Waals surface area contributed by atoms with E-state index in [1.54, 1.807) is 0 Å². The Balaban J connectivity index is 2.50. The molecule has 2 rings (SSSR count). The van der Waals surface area contributed by atoms with Crippen molar-refractivity contribution < 1.29 is 22.6 Å². The molecular formula is C13H16F3NO2. The molecule has 0 radical (unpaired) electrons. The van der Waals surface area contributed by atoms with Crippen LogP contribution < -0.4 is 14.8 Å². The van der Waals surface area contributed by atoms with E-state index in [0.29, 0.717) is 0 Å². The van der Waals surface area contributed by atoms with Crippen LogP contribution in [0, 0.1) is 0 Å². The molecule has 0 bridgehead atoms. The highest BCUT2D eigenvalue weighted by Crippen LogP contribution is 2.42. The number of hydrogen-bond acceptors (Lipinski definition) is 3. The predicted octanol–water partition coefficient (Wildman–Crippen LogP) is 2.80. The first-order valence-corrected chi connectivity index (χ1v) is 6.01. The van der Waals surface area contributed by atoms with Crippen LogP contribution in [0.2, 0.25) is 0 Å². The second-order valence-corrected chi connectivity index (χ2v) is 4.48. The van der Waals surface area contributed by atoms with Gasteiger partial charge in [0.05, 0.1) is 14.2 Å². The first kappa shape index (κ1) is 14.0. The zero-order valence-corrected chi connectivity index (χ0v) is 10.8. The highest BCUT2D eigenvalue weighted by Gasteiger charge is 2.36. The van der Waals surface area contributed by atoms with Gasteiger partial charge in [-0.25, -0.2) is 0 Å². The first-order valence-electron chi connectivity index (χ1n) is 6.01. The lowest BCUT2D eigenvalue weighted by Crippen LogP contribution is -2.12. The van der Waals surface area contributed by atoms with Gasteiger partial charge < -0.3 is 14.8 Å². The van der Waals surface area contributed by atoms with E-state index in [0.717, 1.165) is 31.1 Å². The average molecular weight is 275 g/mol. The van der Waals surface area contributed by atoms with Gasteiger partial charge in [0.25, 0.3) is 0 Å². The highest BCUT2D eigenvalue weighted by molar-refractivity contribution is 5.49. The van der Waals surface area contributed by atoms with E-state index in [1.807, 2.05) is 0 Å². The summed E-state index contributed by atoms with van der Waals surface area (Å²) in [5, 5.41) is 3.19. The summed E-state index contributed by atoms with van der Waals surface area (Å²) in [6.45, 7) is 1.60. The summed E-state index contributed by atoms with van der Waals surface area (Å²) in [5.41, 5.74) is -0.0427. The van der Waals surface area contributed by atoms with Gasteiger partial charge in [0.1, 0.15) is 17.1 Å². The third-order valence-electron chi connectivity index (χ3n) is 3.36. The number of methoxy groups -OCH3 is 2. The minimum atomic E-state index is -4.45. The SMILES string of the molecule is COc1cc(C(F)(F)F)c(OC)cc1C1CCNC1. The summed E-state index contributed by atoms with van der Waals surface area (Å²) in [5.74, 6) is 0.267. The monoisotopic (exact) mass is 275 g/mol. The predicted molar refractivity (Wildman–Crippen MR) is 64.8 cm³/mol. The van der Waals surface area contributed by atoms with Crippen LogP contribution in [-0.4, -0.2) is 27.3 Å². The Kier molecular flexibility index (Phi) is 3.89. The van der Waals surface area contributed by atoms with E-state index >= 15 is 0 Å². The van der Waals surface area contributed by atoms with Crippen LogP contribution in [0.3, 0.4) is 0 Å². The fourth-order valence-corrected chi connectivity index (χ4v) is 2.38. The molecule has 0 aromatic heterocycles. The summed E-state index contributed by atoms with van der Waals surface area (Å²) >= 11 is 0. The molecule has 0 aliphatic carbocycles. The lowest BCUT2D eigenvalue weighted by molar-refractivity contribution is -0.138. The van der Waals surface area contributed by atoms with Crippen LogP contribution in [0.25, 0.3) is 0 Å². The number of nitrogens with one attached hydrogen (secondary N) is 1. The summed E-state index contributed by atoms with van der Waals surface area (Å²) < 4.78 is 48.7. The Morgan fingerprint density at radius 1 is 1.16 bits per heavy atom. The van der Waals surface area contributed by atoms with Crippen molar-refractivity contribution in [3.63, 3.8) is 0 Å². The topological polar surface area (TPSA) is 30.5 Å². The van der Waals surface area contributed by atoms with Crippen molar-refractivity contribution in [2.24, 2.45) is 0 Å². The molecule has 3 nitrogen and oxygen atoms in total. The van der Waals surface area contributed by atoms with Gasteiger partial charge in [0.15, 0.2) is 0 Å². The van der Waals surface area contributed by atoms with E-state index in [4.69, 9.17) is 9.47 Å². The van der Waals surface area contributed by atoms with Crippen LogP contribution in [0.15, 0.2) is 12.1 Å². The van der Waals surface area contributed by atoms with Crippen molar-refractivity contribution in [2.75, 3.05) is 27.3 Å². The van der Waals surface area contributed by atoms with Gasteiger partial charge >= 0.3 is 6.18 Å². The molecule has 1 aromatic rings. The normalized spacial score (nSPS) is 19.5. The van der Waals surface area contributed by atoms with Gasteiger partial charge in [0.2, 0.25) is 0 Å². The molecule has 0 saturated carbocycles. The molecule has 1 unspecified atom stereocenters. The quantitative estimate of drug-likeness (QED) is 0.920. The molecule has 1 N–H and O–H groups in total. The Hall–Kier alpha value is -1.43. The van der Waals surface area contributed by atoms with Crippen molar-refractivity contribution in [1.82, 2.24) is 5.32 Å². The van der Waals surface area contributed by atoms with Crippen molar-refractivity contribution in [1.29, 1.82) is 0 Å². The molecule has 0 amide bonds. The molecular weight excluding hydrogens is 259 g/mol. The minimum absolute atomic E-state index is 0.157. The molecule has 19 heavy (non-hydrogen) atoms. The maximum atomic E-state index is 12.9. The Morgan fingerprint density at radius 2 is 1.84 bits per heavy atom. The van der Waals surface area contributed by atoms with E-state index in [1.165, 1.54) is 20.3 Å². The Labute approximate surface area is 109 Å². The average Bonchev–Trinajstić information content (AvgIpc) is 2.89. The third kappa shape index (κ3) is 2.78. The number of rotatable bonds is 3. The maximum Gasteiger partial charge on any atom is 0.420 e. The lowest BCUT2D eigenvalue weighted by atomic mass is 9.95. The molecule has 1 aliphatic heterocycles. The fraction of sp³-hybridized carbons (Fsp3) is 0.538. The van der Waals surface area contributed by atoms with Crippen molar-refractivity contribution in [3.05, 3.63) is 23.3 Å². The van der Waals surface area contributed by atoms with Crippen LogP contribution in [-0.2, 0) is 6.18 Å². The van der Waals surface area contributed by atoms with Crippen LogP contribution >= 0.6 is 0 Å².